The van der Waals surface area contributed by atoms with Crippen molar-refractivity contribution in [3.05, 3.63) is 125 Å². The van der Waals surface area contributed by atoms with Crippen LogP contribution in [0.5, 0.6) is 0 Å². The quantitative estimate of drug-likeness (QED) is 0.284. The monoisotopic (exact) mass is 556 g/mol. The molecule has 1 aliphatic carbocycles. The Morgan fingerprint density at radius 3 is 2.05 bits per heavy atom. The van der Waals surface area contributed by atoms with Crippen LogP contribution >= 0.6 is 0 Å². The molecule has 2 N–H and O–H groups in total. The van der Waals surface area contributed by atoms with Crippen molar-refractivity contribution in [1.82, 2.24) is 0 Å². The first-order valence-corrected chi connectivity index (χ1v) is 15.0. The molecule has 1 aliphatic rings. The second-order valence-electron chi connectivity index (χ2n) is 9.15. The van der Waals surface area contributed by atoms with Gasteiger partial charge in [-0.25, -0.2) is 0 Å². The normalized spacial score (nSPS) is 19.2. The molecule has 38 heavy (non-hydrogen) atoms. The summed E-state index contributed by atoms with van der Waals surface area (Å²) in [6.45, 7) is 5.97. The Morgan fingerprint density at radius 1 is 0.868 bits per heavy atom. The molecular weight excluding hydrogens is 524 g/mol. The number of aryl methyl sites for hydroxylation is 2. The summed E-state index contributed by atoms with van der Waals surface area (Å²) in [4.78, 5) is -0.0278. The minimum Gasteiger partial charge on any atom is -0.492 e. The molecule has 0 bridgehead atoms. The van der Waals surface area contributed by atoms with Crippen LogP contribution in [0.3, 0.4) is 0 Å². The maximum Gasteiger partial charge on any atom is 0.294 e. The van der Waals surface area contributed by atoms with Crippen LogP contribution in [0.25, 0.3) is 0 Å². The lowest BCUT2D eigenvalue weighted by atomic mass is 9.76. The summed E-state index contributed by atoms with van der Waals surface area (Å²) < 4.78 is 69.1. The molecular formula is C29H32O7S2. The van der Waals surface area contributed by atoms with Crippen molar-refractivity contribution in [2.45, 2.75) is 49.4 Å². The van der Waals surface area contributed by atoms with Crippen LogP contribution in [0.15, 0.2) is 108 Å². The second-order valence-corrected chi connectivity index (χ2v) is 12.1. The van der Waals surface area contributed by atoms with E-state index in [-0.39, 0.29) is 17.3 Å². The highest BCUT2D eigenvalue weighted by Gasteiger charge is 2.35. The molecule has 3 aromatic rings. The lowest BCUT2D eigenvalue weighted by molar-refractivity contribution is 0.189. The van der Waals surface area contributed by atoms with E-state index in [4.69, 9.17) is 9.29 Å². The minimum absolute atomic E-state index is 0.0278. The third-order valence-electron chi connectivity index (χ3n) is 6.26. The third kappa shape index (κ3) is 7.41. The number of hydrogen-bond acceptors (Lipinski definition) is 5. The van der Waals surface area contributed by atoms with Gasteiger partial charge in [-0.05, 0) is 54.7 Å². The highest BCUT2D eigenvalue weighted by molar-refractivity contribution is 7.86. The smallest absolute Gasteiger partial charge is 0.294 e. The maximum atomic E-state index is 11.9. The summed E-state index contributed by atoms with van der Waals surface area (Å²) in [5.41, 5.74) is 3.25. The van der Waals surface area contributed by atoms with E-state index in [9.17, 15) is 21.4 Å². The SMILES string of the molecule is CCc1ccccc1C1(C)C=CC(S(=O)(=O)O)C(OCc2ccccc2)=C1.Cc1ccccc1S(=O)(=O)O. The first kappa shape index (κ1) is 29.3. The van der Waals surface area contributed by atoms with E-state index in [0.29, 0.717) is 5.56 Å². The Hall–Kier alpha value is -3.24. The molecule has 0 heterocycles. The molecule has 2 atom stereocenters. The van der Waals surface area contributed by atoms with Crippen LogP contribution < -0.4 is 0 Å². The van der Waals surface area contributed by atoms with Crippen molar-refractivity contribution in [1.29, 1.82) is 0 Å². The van der Waals surface area contributed by atoms with Gasteiger partial charge in [-0.2, -0.15) is 16.8 Å². The molecule has 9 heteroatoms. The van der Waals surface area contributed by atoms with E-state index in [1.54, 1.807) is 25.1 Å². The fraction of sp³-hybridized carbons (Fsp3) is 0.241. The summed E-state index contributed by atoms with van der Waals surface area (Å²) in [7, 11) is -8.34. The zero-order valence-corrected chi connectivity index (χ0v) is 23.1. The van der Waals surface area contributed by atoms with E-state index in [0.717, 1.165) is 17.5 Å². The average Bonchev–Trinajstić information content (AvgIpc) is 2.87. The van der Waals surface area contributed by atoms with Crippen LogP contribution in [0.2, 0.25) is 0 Å². The zero-order valence-electron chi connectivity index (χ0n) is 21.5. The molecule has 3 aromatic carbocycles. The van der Waals surface area contributed by atoms with E-state index in [1.807, 2.05) is 67.6 Å². The number of allylic oxidation sites excluding steroid dienone is 2. The van der Waals surface area contributed by atoms with Gasteiger partial charge in [-0.1, -0.05) is 91.9 Å². The molecule has 202 valence electrons. The average molecular weight is 557 g/mol. The van der Waals surface area contributed by atoms with Crippen LogP contribution in [0.1, 0.15) is 36.1 Å². The molecule has 0 amide bonds. The lowest BCUT2D eigenvalue weighted by Gasteiger charge is -2.31. The van der Waals surface area contributed by atoms with Crippen LogP contribution in [0.4, 0.5) is 0 Å². The van der Waals surface area contributed by atoms with Gasteiger partial charge in [0.25, 0.3) is 20.2 Å². The molecule has 0 spiro atoms. The van der Waals surface area contributed by atoms with Crippen molar-refractivity contribution in [3.8, 4) is 0 Å². The maximum absolute atomic E-state index is 11.9. The van der Waals surface area contributed by atoms with Crippen molar-refractivity contribution in [2.24, 2.45) is 0 Å². The van der Waals surface area contributed by atoms with Gasteiger partial charge >= 0.3 is 0 Å². The van der Waals surface area contributed by atoms with Crippen molar-refractivity contribution in [2.75, 3.05) is 0 Å². The summed E-state index contributed by atoms with van der Waals surface area (Å²) in [5, 5.41) is -1.19. The summed E-state index contributed by atoms with van der Waals surface area (Å²) in [6, 6.07) is 23.9. The minimum atomic E-state index is -4.31. The molecule has 0 aromatic heterocycles. The molecule has 2 unspecified atom stereocenters. The van der Waals surface area contributed by atoms with Gasteiger partial charge in [0.15, 0.2) is 5.25 Å². The summed E-state index contributed by atoms with van der Waals surface area (Å²) >= 11 is 0. The molecule has 0 radical (unpaired) electrons. The lowest BCUT2D eigenvalue weighted by Crippen LogP contribution is -2.31. The standard InChI is InChI=1S/C22H24O4S.C7H8O3S/c1-3-18-11-7-8-12-19(18)22(2)14-13-21(27(23,24)25)20(15-22)26-16-17-9-5-4-6-10-17;1-6-4-2-3-5-7(6)11(8,9)10/h4-15,21H,3,16H2,1-2H3,(H,23,24,25);2-5H,1H3,(H,8,9,10). The second kappa shape index (κ2) is 12.1. The Balaban J connectivity index is 0.000000304. The fourth-order valence-corrected chi connectivity index (χ4v) is 5.72. The van der Waals surface area contributed by atoms with Gasteiger partial charge in [0.05, 0.1) is 4.90 Å². The van der Waals surface area contributed by atoms with Crippen molar-refractivity contribution >= 4 is 20.2 Å². The highest BCUT2D eigenvalue weighted by atomic mass is 32.2. The van der Waals surface area contributed by atoms with Crippen LogP contribution in [-0.2, 0) is 43.4 Å². The summed E-state index contributed by atoms with van der Waals surface area (Å²) in [5.74, 6) is 0.247. The van der Waals surface area contributed by atoms with Gasteiger partial charge in [0, 0.05) is 5.41 Å². The molecule has 0 saturated carbocycles. The van der Waals surface area contributed by atoms with Crippen molar-refractivity contribution in [3.63, 3.8) is 0 Å². The summed E-state index contributed by atoms with van der Waals surface area (Å²) in [6.07, 6.45) is 6.02. The first-order chi connectivity index (χ1) is 17.8. The van der Waals surface area contributed by atoms with E-state index >= 15 is 0 Å². The molecule has 0 fully saturated rings. The molecule has 0 aliphatic heterocycles. The predicted octanol–water partition coefficient (Wildman–Crippen LogP) is 5.68. The first-order valence-electron chi connectivity index (χ1n) is 12.0. The van der Waals surface area contributed by atoms with Crippen molar-refractivity contribution < 1.29 is 30.7 Å². The third-order valence-corrected chi connectivity index (χ3v) is 8.30. The Bertz CT molecular complexity index is 1530. The number of benzene rings is 3. The largest absolute Gasteiger partial charge is 0.492 e. The van der Waals surface area contributed by atoms with E-state index in [1.165, 1.54) is 17.7 Å². The van der Waals surface area contributed by atoms with Gasteiger partial charge in [0.2, 0.25) is 0 Å². The molecule has 0 saturated heterocycles. The fourth-order valence-electron chi connectivity index (χ4n) is 4.29. The molecule has 4 rings (SSSR count). The van der Waals surface area contributed by atoms with E-state index in [2.05, 4.69) is 13.0 Å². The highest BCUT2D eigenvalue weighted by Crippen LogP contribution is 2.37. The Kier molecular flexibility index (Phi) is 9.32. The number of hydrogen-bond donors (Lipinski definition) is 2. The molecule has 7 nitrogen and oxygen atoms in total. The van der Waals surface area contributed by atoms with Gasteiger partial charge < -0.3 is 4.74 Å². The van der Waals surface area contributed by atoms with Gasteiger partial charge in [-0.15, -0.1) is 0 Å². The number of rotatable bonds is 7. The Labute approximate surface area is 225 Å². The van der Waals surface area contributed by atoms with Gasteiger partial charge in [0.1, 0.15) is 12.4 Å². The Morgan fingerprint density at radius 2 is 1.47 bits per heavy atom. The van der Waals surface area contributed by atoms with Crippen LogP contribution in [-0.4, -0.2) is 31.2 Å². The van der Waals surface area contributed by atoms with Crippen LogP contribution in [0, 0.1) is 6.92 Å². The predicted molar refractivity (Wildman–Crippen MR) is 148 cm³/mol. The zero-order chi connectivity index (χ0) is 28.0. The topological polar surface area (TPSA) is 118 Å². The van der Waals surface area contributed by atoms with E-state index < -0.39 is 30.9 Å². The van der Waals surface area contributed by atoms with Gasteiger partial charge in [-0.3, -0.25) is 9.11 Å². The number of ether oxygens (including phenoxy) is 1.